The summed E-state index contributed by atoms with van der Waals surface area (Å²) >= 11 is 0. The predicted molar refractivity (Wildman–Crippen MR) is 117 cm³/mol. The number of ether oxygens (including phenoxy) is 2. The van der Waals surface area contributed by atoms with Gasteiger partial charge >= 0.3 is 0 Å². The fraction of sp³-hybridized carbons (Fsp3) is 0.391. The quantitative estimate of drug-likeness (QED) is 0.628. The van der Waals surface area contributed by atoms with Crippen molar-refractivity contribution in [2.24, 2.45) is 5.92 Å². The number of nitrogens with zero attached hydrogens (tertiary/aromatic N) is 2. The molecule has 3 aromatic rings. The van der Waals surface area contributed by atoms with Crippen LogP contribution in [0.2, 0.25) is 0 Å². The maximum atomic E-state index is 12.7. The van der Waals surface area contributed by atoms with Gasteiger partial charge in [0, 0.05) is 19.6 Å². The normalized spacial score (nSPS) is 16.5. The van der Waals surface area contributed by atoms with Crippen LogP contribution in [-0.4, -0.2) is 49.7 Å². The maximum absolute atomic E-state index is 12.7. The van der Waals surface area contributed by atoms with Crippen LogP contribution in [0.25, 0.3) is 11.0 Å². The zero-order valence-electron chi connectivity index (χ0n) is 17.5. The molecule has 1 aromatic heterocycles. The number of benzene rings is 2. The molecule has 1 aliphatic heterocycles. The number of hydrogen-bond donors (Lipinski definition) is 2. The second-order valence-corrected chi connectivity index (χ2v) is 7.59. The number of carbonyl (C=O) groups is 1. The van der Waals surface area contributed by atoms with Crippen molar-refractivity contribution in [1.82, 2.24) is 15.3 Å². The molecule has 1 amide bonds. The van der Waals surface area contributed by atoms with Gasteiger partial charge < -0.3 is 24.7 Å². The summed E-state index contributed by atoms with van der Waals surface area (Å²) in [6.45, 7) is 2.19. The standard InChI is InChI=1S/C23H28N4O3/c1-29-20-10-9-16(14-21(20)30-2)11-12-24-22(28)17-6-5-13-27(15-17)23-25-18-7-3-4-8-19(18)26-23/h3-4,7-10,14,17H,5-6,11-13,15H2,1-2H3,(H,24,28)(H,25,26). The van der Waals surface area contributed by atoms with Gasteiger partial charge in [-0.2, -0.15) is 0 Å². The lowest BCUT2D eigenvalue weighted by Crippen LogP contribution is -2.43. The molecule has 2 heterocycles. The Bertz CT molecular complexity index is 984. The van der Waals surface area contributed by atoms with E-state index in [1.807, 2.05) is 42.5 Å². The molecule has 1 fully saturated rings. The Labute approximate surface area is 176 Å². The third kappa shape index (κ3) is 4.35. The average Bonchev–Trinajstić information content (AvgIpc) is 3.23. The van der Waals surface area contributed by atoms with Crippen LogP contribution in [0, 0.1) is 5.92 Å². The topological polar surface area (TPSA) is 79.5 Å². The first-order chi connectivity index (χ1) is 14.7. The molecule has 2 N–H and O–H groups in total. The molecule has 1 saturated heterocycles. The molecule has 0 aliphatic carbocycles. The van der Waals surface area contributed by atoms with Crippen molar-refractivity contribution in [3.8, 4) is 11.5 Å². The molecule has 1 atom stereocenters. The number of methoxy groups -OCH3 is 2. The number of para-hydroxylation sites is 2. The van der Waals surface area contributed by atoms with Gasteiger partial charge in [0.15, 0.2) is 11.5 Å². The molecule has 7 nitrogen and oxygen atoms in total. The molecular weight excluding hydrogens is 380 g/mol. The second-order valence-electron chi connectivity index (χ2n) is 7.59. The van der Waals surface area contributed by atoms with Crippen LogP contribution in [-0.2, 0) is 11.2 Å². The number of aromatic amines is 1. The largest absolute Gasteiger partial charge is 0.493 e. The molecule has 0 radical (unpaired) electrons. The van der Waals surface area contributed by atoms with Crippen LogP contribution in [0.15, 0.2) is 42.5 Å². The van der Waals surface area contributed by atoms with Gasteiger partial charge in [-0.3, -0.25) is 4.79 Å². The highest BCUT2D eigenvalue weighted by atomic mass is 16.5. The highest BCUT2D eigenvalue weighted by Gasteiger charge is 2.27. The number of rotatable bonds is 7. The molecule has 30 heavy (non-hydrogen) atoms. The van der Waals surface area contributed by atoms with Gasteiger partial charge in [-0.1, -0.05) is 18.2 Å². The third-order valence-corrected chi connectivity index (χ3v) is 5.63. The van der Waals surface area contributed by atoms with Gasteiger partial charge in [-0.05, 0) is 49.1 Å². The van der Waals surface area contributed by atoms with Crippen molar-refractivity contribution in [2.45, 2.75) is 19.3 Å². The summed E-state index contributed by atoms with van der Waals surface area (Å²) in [5, 5.41) is 3.10. The molecule has 158 valence electrons. The Morgan fingerprint density at radius 1 is 1.20 bits per heavy atom. The van der Waals surface area contributed by atoms with E-state index in [4.69, 9.17) is 9.47 Å². The van der Waals surface area contributed by atoms with Gasteiger partial charge in [0.05, 0.1) is 31.2 Å². The van der Waals surface area contributed by atoms with Gasteiger partial charge in [0.1, 0.15) is 0 Å². The lowest BCUT2D eigenvalue weighted by molar-refractivity contribution is -0.125. The van der Waals surface area contributed by atoms with Crippen LogP contribution in [0.3, 0.4) is 0 Å². The number of aromatic nitrogens is 2. The summed E-state index contributed by atoms with van der Waals surface area (Å²) in [5.74, 6) is 2.33. The van der Waals surface area contributed by atoms with Crippen molar-refractivity contribution in [3.05, 3.63) is 48.0 Å². The molecule has 0 saturated carbocycles. The van der Waals surface area contributed by atoms with E-state index in [1.165, 1.54) is 0 Å². The fourth-order valence-corrected chi connectivity index (χ4v) is 3.98. The minimum atomic E-state index is -0.0302. The molecule has 1 aliphatic rings. The van der Waals surface area contributed by atoms with E-state index in [-0.39, 0.29) is 11.8 Å². The van der Waals surface area contributed by atoms with E-state index in [0.29, 0.717) is 24.6 Å². The summed E-state index contributed by atoms with van der Waals surface area (Å²) in [6.07, 6.45) is 2.62. The lowest BCUT2D eigenvalue weighted by atomic mass is 9.97. The van der Waals surface area contributed by atoms with Gasteiger partial charge in [0.25, 0.3) is 0 Å². The third-order valence-electron chi connectivity index (χ3n) is 5.63. The maximum Gasteiger partial charge on any atom is 0.224 e. The number of nitrogens with one attached hydrogen (secondary N) is 2. The van der Waals surface area contributed by atoms with Gasteiger partial charge in [0.2, 0.25) is 11.9 Å². The molecule has 0 spiro atoms. The highest BCUT2D eigenvalue weighted by molar-refractivity contribution is 5.80. The van der Waals surface area contributed by atoms with E-state index < -0.39 is 0 Å². The smallest absolute Gasteiger partial charge is 0.224 e. The fourth-order valence-electron chi connectivity index (χ4n) is 3.98. The first kappa shape index (κ1) is 20.1. The second kappa shape index (κ2) is 9.07. The first-order valence-electron chi connectivity index (χ1n) is 10.4. The number of hydrogen-bond acceptors (Lipinski definition) is 5. The van der Waals surface area contributed by atoms with Gasteiger partial charge in [-0.25, -0.2) is 4.98 Å². The van der Waals surface area contributed by atoms with Crippen LogP contribution in [0.5, 0.6) is 11.5 Å². The first-order valence-corrected chi connectivity index (χ1v) is 10.4. The van der Waals surface area contributed by atoms with E-state index in [0.717, 1.165) is 48.4 Å². The van der Waals surface area contributed by atoms with Crippen molar-refractivity contribution in [1.29, 1.82) is 0 Å². The zero-order valence-corrected chi connectivity index (χ0v) is 17.5. The number of imidazole rings is 1. The van der Waals surface area contributed by atoms with E-state index in [1.54, 1.807) is 14.2 Å². The van der Waals surface area contributed by atoms with Crippen LogP contribution in [0.4, 0.5) is 5.95 Å². The minimum absolute atomic E-state index is 0.0302. The Kier molecular flexibility index (Phi) is 6.07. The monoisotopic (exact) mass is 408 g/mol. The molecular formula is C23H28N4O3. The minimum Gasteiger partial charge on any atom is -0.493 e. The number of anilines is 1. The van der Waals surface area contributed by atoms with Crippen LogP contribution >= 0.6 is 0 Å². The summed E-state index contributed by atoms with van der Waals surface area (Å²) in [7, 11) is 3.25. The SMILES string of the molecule is COc1ccc(CCNC(=O)C2CCCN(c3nc4ccccc4[nH]3)C2)cc1OC. The Morgan fingerprint density at radius 3 is 2.83 bits per heavy atom. The Hall–Kier alpha value is -3.22. The number of fused-ring (bicyclic) bond motifs is 1. The highest BCUT2D eigenvalue weighted by Crippen LogP contribution is 2.28. The van der Waals surface area contributed by atoms with E-state index >= 15 is 0 Å². The van der Waals surface area contributed by atoms with Crippen molar-refractivity contribution in [2.75, 3.05) is 38.8 Å². The number of carbonyl (C=O) groups excluding carboxylic acids is 1. The van der Waals surface area contributed by atoms with Crippen LogP contribution < -0.4 is 19.7 Å². The van der Waals surface area contributed by atoms with Gasteiger partial charge in [-0.15, -0.1) is 0 Å². The molecule has 2 aromatic carbocycles. The molecule has 0 bridgehead atoms. The zero-order chi connectivity index (χ0) is 20.9. The van der Waals surface area contributed by atoms with Crippen molar-refractivity contribution in [3.63, 3.8) is 0 Å². The number of piperidine rings is 1. The summed E-state index contributed by atoms with van der Waals surface area (Å²) in [6, 6.07) is 13.8. The predicted octanol–water partition coefficient (Wildman–Crippen LogP) is 3.16. The van der Waals surface area contributed by atoms with Crippen molar-refractivity contribution >= 4 is 22.9 Å². The lowest BCUT2D eigenvalue weighted by Gasteiger charge is -2.31. The summed E-state index contributed by atoms with van der Waals surface area (Å²) in [4.78, 5) is 23.0. The number of amides is 1. The number of H-pyrrole nitrogens is 1. The average molecular weight is 409 g/mol. The molecule has 1 unspecified atom stereocenters. The Morgan fingerprint density at radius 2 is 2.03 bits per heavy atom. The Balaban J connectivity index is 1.32. The van der Waals surface area contributed by atoms with Crippen molar-refractivity contribution < 1.29 is 14.3 Å². The van der Waals surface area contributed by atoms with Crippen LogP contribution in [0.1, 0.15) is 18.4 Å². The summed E-state index contributed by atoms with van der Waals surface area (Å²) < 4.78 is 10.6. The molecule has 4 rings (SSSR count). The van der Waals surface area contributed by atoms with E-state index in [2.05, 4.69) is 20.2 Å². The summed E-state index contributed by atoms with van der Waals surface area (Å²) in [5.41, 5.74) is 3.07. The molecule has 7 heteroatoms. The van der Waals surface area contributed by atoms with E-state index in [9.17, 15) is 4.79 Å².